The number of benzene rings is 2. The van der Waals surface area contributed by atoms with Gasteiger partial charge in [-0.05, 0) is 54.6 Å². The topological polar surface area (TPSA) is 172 Å². The lowest BCUT2D eigenvalue weighted by molar-refractivity contribution is 0.294. The third kappa shape index (κ3) is 5.72. The van der Waals surface area contributed by atoms with Gasteiger partial charge in [0.1, 0.15) is 24.1 Å². The Labute approximate surface area is 235 Å². The van der Waals surface area contributed by atoms with Gasteiger partial charge < -0.3 is 25.8 Å². The van der Waals surface area contributed by atoms with Crippen molar-refractivity contribution in [2.75, 3.05) is 11.1 Å². The van der Waals surface area contributed by atoms with E-state index in [4.69, 9.17) is 10.5 Å². The molecule has 41 heavy (non-hydrogen) atoms. The molecule has 0 aliphatic carbocycles. The first kappa shape index (κ1) is 27.3. The van der Waals surface area contributed by atoms with Crippen molar-refractivity contribution in [1.82, 2.24) is 19.5 Å². The summed E-state index contributed by atoms with van der Waals surface area (Å²) in [6.45, 7) is 3.96. The summed E-state index contributed by atoms with van der Waals surface area (Å²) in [5.41, 5.74) is 8.87. The molecule has 2 aromatic carbocycles. The Hall–Kier alpha value is -5.25. The number of rotatable bonds is 8. The first-order valence-corrected chi connectivity index (χ1v) is 12.7. The molecule has 0 aliphatic rings. The fourth-order valence-electron chi connectivity index (χ4n) is 4.56. The number of nitrogen functional groups attached to an aromatic ring is 1. The molecule has 0 spiro atoms. The van der Waals surface area contributed by atoms with Crippen LogP contribution in [0.25, 0.3) is 16.5 Å². The highest BCUT2D eigenvalue weighted by molar-refractivity contribution is 6.57. The standard InChI is InChI=1S/C29H26BN7O4/c1-17-5-3-6-20-13-23(18(2)34-27-21(14-31)15-33-29(32)36-27)37(28(38)26(17)20)22-11-9-19(10-12-22)16-41-25-8-4-7-24(35-25)30(39)40/h3-13,15,18,39-40H,16H2,1-2H3,(H3,32,33,34,36). The van der Waals surface area contributed by atoms with E-state index in [2.05, 4.69) is 26.3 Å². The predicted molar refractivity (Wildman–Crippen MR) is 156 cm³/mol. The molecule has 5 rings (SSSR count). The van der Waals surface area contributed by atoms with Crippen molar-refractivity contribution in [2.24, 2.45) is 0 Å². The zero-order valence-electron chi connectivity index (χ0n) is 22.3. The van der Waals surface area contributed by atoms with Gasteiger partial charge in [-0.1, -0.05) is 36.4 Å². The van der Waals surface area contributed by atoms with E-state index in [0.717, 1.165) is 16.5 Å². The van der Waals surface area contributed by atoms with Crippen LogP contribution in [0.2, 0.25) is 0 Å². The molecule has 11 nitrogen and oxygen atoms in total. The number of pyridine rings is 2. The SMILES string of the molecule is Cc1cccc2cc(C(C)Nc3nc(N)ncc3C#N)n(-c3ccc(COc4cccc(B(O)O)n4)cc3)c(=O)c12. The molecule has 1 unspecified atom stereocenters. The molecule has 0 saturated carbocycles. The van der Waals surface area contributed by atoms with Crippen molar-refractivity contribution in [2.45, 2.75) is 26.5 Å². The molecule has 1 atom stereocenters. The third-order valence-electron chi connectivity index (χ3n) is 6.60. The van der Waals surface area contributed by atoms with Crippen molar-refractivity contribution in [3.63, 3.8) is 0 Å². The van der Waals surface area contributed by atoms with Crippen LogP contribution in [0.15, 0.2) is 77.7 Å². The van der Waals surface area contributed by atoms with Gasteiger partial charge in [-0.15, -0.1) is 0 Å². The summed E-state index contributed by atoms with van der Waals surface area (Å²) in [5.74, 6) is 0.553. The summed E-state index contributed by atoms with van der Waals surface area (Å²) in [7, 11) is -1.69. The smallest absolute Gasteiger partial charge is 0.473 e. The Morgan fingerprint density at radius 1 is 1.12 bits per heavy atom. The van der Waals surface area contributed by atoms with Gasteiger partial charge in [0.05, 0.1) is 23.2 Å². The number of nitrogens with one attached hydrogen (secondary N) is 1. The minimum atomic E-state index is -1.69. The van der Waals surface area contributed by atoms with E-state index >= 15 is 0 Å². The van der Waals surface area contributed by atoms with E-state index in [1.807, 2.05) is 62.4 Å². The Balaban J connectivity index is 1.51. The number of hydrogen-bond acceptors (Lipinski definition) is 10. The molecule has 0 bridgehead atoms. The minimum Gasteiger partial charge on any atom is -0.473 e. The summed E-state index contributed by atoms with van der Waals surface area (Å²) in [5, 5.41) is 32.8. The zero-order chi connectivity index (χ0) is 29.1. The van der Waals surface area contributed by atoms with Crippen LogP contribution in [-0.2, 0) is 6.61 Å². The van der Waals surface area contributed by atoms with Gasteiger partial charge in [-0.2, -0.15) is 10.2 Å². The molecule has 0 radical (unpaired) electrons. The highest BCUT2D eigenvalue weighted by Gasteiger charge is 2.19. The minimum absolute atomic E-state index is 0.0255. The Morgan fingerprint density at radius 3 is 2.61 bits per heavy atom. The summed E-state index contributed by atoms with van der Waals surface area (Å²) in [4.78, 5) is 26.1. The van der Waals surface area contributed by atoms with Crippen molar-refractivity contribution < 1.29 is 14.8 Å². The number of hydrogen-bond donors (Lipinski definition) is 4. The van der Waals surface area contributed by atoms with Gasteiger partial charge in [0.15, 0.2) is 0 Å². The molecule has 0 amide bonds. The summed E-state index contributed by atoms with van der Waals surface area (Å²) in [6.07, 6.45) is 1.35. The van der Waals surface area contributed by atoms with Crippen molar-refractivity contribution in [3.8, 4) is 17.6 Å². The molecule has 204 valence electrons. The molecule has 5 N–H and O–H groups in total. The number of ether oxygens (including phenoxy) is 1. The van der Waals surface area contributed by atoms with E-state index in [0.29, 0.717) is 16.8 Å². The molecule has 0 saturated heterocycles. The fraction of sp³-hybridized carbons (Fsp3) is 0.138. The van der Waals surface area contributed by atoms with Gasteiger partial charge in [0.2, 0.25) is 11.8 Å². The summed E-state index contributed by atoms with van der Waals surface area (Å²) < 4.78 is 7.37. The van der Waals surface area contributed by atoms with Crippen LogP contribution in [0.5, 0.6) is 5.88 Å². The van der Waals surface area contributed by atoms with Crippen LogP contribution in [0, 0.1) is 18.3 Å². The van der Waals surface area contributed by atoms with E-state index in [1.54, 1.807) is 16.7 Å². The van der Waals surface area contributed by atoms with Crippen LogP contribution >= 0.6 is 0 Å². The molecule has 0 fully saturated rings. The van der Waals surface area contributed by atoms with Gasteiger partial charge in [-0.25, -0.2) is 9.97 Å². The maximum absolute atomic E-state index is 14.0. The average Bonchev–Trinajstić information content (AvgIpc) is 2.96. The largest absolute Gasteiger partial charge is 0.508 e. The lowest BCUT2D eigenvalue weighted by Crippen LogP contribution is -2.32. The van der Waals surface area contributed by atoms with Crippen LogP contribution in [-0.4, -0.2) is 36.7 Å². The Kier molecular flexibility index (Phi) is 7.65. The number of anilines is 2. The van der Waals surface area contributed by atoms with Crippen molar-refractivity contribution >= 4 is 35.3 Å². The second kappa shape index (κ2) is 11.5. The highest BCUT2D eigenvalue weighted by Crippen LogP contribution is 2.26. The highest BCUT2D eigenvalue weighted by atomic mass is 16.5. The first-order valence-electron chi connectivity index (χ1n) is 12.7. The van der Waals surface area contributed by atoms with Gasteiger partial charge in [0, 0.05) is 17.4 Å². The zero-order valence-corrected chi connectivity index (χ0v) is 22.3. The number of nitriles is 1. The van der Waals surface area contributed by atoms with E-state index in [9.17, 15) is 20.1 Å². The molecule has 12 heteroatoms. The van der Waals surface area contributed by atoms with Crippen LogP contribution in [0.4, 0.5) is 11.8 Å². The summed E-state index contributed by atoms with van der Waals surface area (Å²) in [6, 6.07) is 21.3. The lowest BCUT2D eigenvalue weighted by Gasteiger charge is -2.22. The second-order valence-corrected chi connectivity index (χ2v) is 9.45. The monoisotopic (exact) mass is 547 g/mol. The molecule has 3 heterocycles. The molecular weight excluding hydrogens is 521 g/mol. The Bertz CT molecular complexity index is 1840. The third-order valence-corrected chi connectivity index (χ3v) is 6.60. The van der Waals surface area contributed by atoms with Crippen molar-refractivity contribution in [3.05, 3.63) is 106 Å². The lowest BCUT2D eigenvalue weighted by atomic mass is 9.86. The fourth-order valence-corrected chi connectivity index (χ4v) is 4.56. The summed E-state index contributed by atoms with van der Waals surface area (Å²) >= 11 is 0. The number of aromatic nitrogens is 4. The quantitative estimate of drug-likeness (QED) is 0.211. The van der Waals surface area contributed by atoms with E-state index in [1.165, 1.54) is 12.3 Å². The normalized spacial score (nSPS) is 11.6. The second-order valence-electron chi connectivity index (χ2n) is 9.45. The maximum atomic E-state index is 14.0. The molecule has 0 aliphatic heterocycles. The molecule has 5 aromatic rings. The average molecular weight is 547 g/mol. The van der Waals surface area contributed by atoms with Crippen LogP contribution in [0.3, 0.4) is 0 Å². The number of nitrogens with two attached hydrogens (primary N) is 1. The first-order chi connectivity index (χ1) is 19.7. The maximum Gasteiger partial charge on any atom is 0.508 e. The van der Waals surface area contributed by atoms with E-state index in [-0.39, 0.29) is 41.0 Å². The van der Waals surface area contributed by atoms with Gasteiger partial charge in [0.25, 0.3) is 5.56 Å². The van der Waals surface area contributed by atoms with Gasteiger partial charge >= 0.3 is 7.12 Å². The van der Waals surface area contributed by atoms with Crippen LogP contribution < -0.4 is 26.9 Å². The van der Waals surface area contributed by atoms with Crippen LogP contribution in [0.1, 0.15) is 35.3 Å². The van der Waals surface area contributed by atoms with Gasteiger partial charge in [-0.3, -0.25) is 9.36 Å². The van der Waals surface area contributed by atoms with E-state index < -0.39 is 13.2 Å². The van der Waals surface area contributed by atoms with Crippen molar-refractivity contribution in [1.29, 1.82) is 5.26 Å². The Morgan fingerprint density at radius 2 is 1.88 bits per heavy atom. The molecular formula is C29H26BN7O4. The number of fused-ring (bicyclic) bond motifs is 1. The number of aryl methyl sites for hydroxylation is 1. The predicted octanol–water partition coefficient (Wildman–Crippen LogP) is 2.37. The number of nitrogens with zero attached hydrogens (tertiary/aromatic N) is 5. The molecule has 3 aromatic heterocycles.